The van der Waals surface area contributed by atoms with Gasteiger partial charge in [0, 0.05) is 4.43 Å². The molecule has 0 fully saturated rings. The van der Waals surface area contributed by atoms with E-state index in [4.69, 9.17) is 4.74 Å². The van der Waals surface area contributed by atoms with Crippen LogP contribution in [0.15, 0.2) is 24.8 Å². The molecule has 0 amide bonds. The Morgan fingerprint density at radius 3 is 2.67 bits per heavy atom. The molecule has 0 spiro atoms. The smallest absolute Gasteiger partial charge is 0.0652 e. The van der Waals surface area contributed by atoms with Crippen molar-refractivity contribution >= 4 is 22.6 Å². The van der Waals surface area contributed by atoms with Crippen molar-refractivity contribution < 1.29 is 4.74 Å². The number of halogens is 1. The van der Waals surface area contributed by atoms with E-state index in [-0.39, 0.29) is 0 Å². The maximum Gasteiger partial charge on any atom is 0.0652 e. The largest absolute Gasteiger partial charge is 0.373 e. The standard InChI is InChI=1S/C7H11IO/c1-2-6-9-7-4-3-5-8/h2-4H,1,5-7H2/b4-3+. The molecule has 0 aromatic carbocycles. The molecule has 0 aromatic heterocycles. The molecule has 0 saturated carbocycles. The first-order valence-corrected chi connectivity index (χ1v) is 4.34. The van der Waals surface area contributed by atoms with Crippen molar-refractivity contribution in [3.8, 4) is 0 Å². The molecule has 0 rings (SSSR count). The van der Waals surface area contributed by atoms with E-state index in [0.29, 0.717) is 13.2 Å². The summed E-state index contributed by atoms with van der Waals surface area (Å²) in [7, 11) is 0. The first-order chi connectivity index (χ1) is 4.41. The van der Waals surface area contributed by atoms with Gasteiger partial charge in [-0.05, 0) is 0 Å². The van der Waals surface area contributed by atoms with Crippen LogP contribution in [0.4, 0.5) is 0 Å². The van der Waals surface area contributed by atoms with Crippen LogP contribution in [0.1, 0.15) is 0 Å². The number of hydrogen-bond donors (Lipinski definition) is 0. The van der Waals surface area contributed by atoms with Crippen molar-refractivity contribution in [1.29, 1.82) is 0 Å². The third-order valence-electron chi connectivity index (χ3n) is 0.706. The summed E-state index contributed by atoms with van der Waals surface area (Å²) in [6.45, 7) is 4.88. The van der Waals surface area contributed by atoms with Crippen LogP contribution >= 0.6 is 22.6 Å². The van der Waals surface area contributed by atoms with Crippen LogP contribution in [0, 0.1) is 0 Å². The molecule has 0 aromatic rings. The highest BCUT2D eigenvalue weighted by Gasteiger charge is 1.74. The Hall–Kier alpha value is 0.170. The second kappa shape index (κ2) is 8.17. The molecule has 0 atom stereocenters. The Morgan fingerprint density at radius 1 is 1.33 bits per heavy atom. The quantitative estimate of drug-likeness (QED) is 0.308. The molecular formula is C7H11IO. The maximum absolute atomic E-state index is 5.08. The van der Waals surface area contributed by atoms with Gasteiger partial charge in [-0.15, -0.1) is 6.58 Å². The number of rotatable bonds is 5. The van der Waals surface area contributed by atoms with Crippen LogP contribution in [0.2, 0.25) is 0 Å². The second-order valence-electron chi connectivity index (χ2n) is 1.45. The molecule has 9 heavy (non-hydrogen) atoms. The average Bonchev–Trinajstić information content (AvgIpc) is 1.89. The summed E-state index contributed by atoms with van der Waals surface area (Å²) in [4.78, 5) is 0. The number of alkyl halides is 1. The molecule has 0 radical (unpaired) electrons. The van der Waals surface area contributed by atoms with E-state index in [1.165, 1.54) is 0 Å². The van der Waals surface area contributed by atoms with Crippen molar-refractivity contribution in [2.24, 2.45) is 0 Å². The van der Waals surface area contributed by atoms with Crippen LogP contribution in [-0.2, 0) is 4.74 Å². The molecule has 0 aliphatic carbocycles. The summed E-state index contributed by atoms with van der Waals surface area (Å²) in [6.07, 6.45) is 5.83. The zero-order chi connectivity index (χ0) is 6.95. The number of ether oxygens (including phenoxy) is 1. The summed E-state index contributed by atoms with van der Waals surface area (Å²) in [5, 5.41) is 0. The maximum atomic E-state index is 5.08. The van der Waals surface area contributed by atoms with Crippen molar-refractivity contribution in [1.82, 2.24) is 0 Å². The van der Waals surface area contributed by atoms with Gasteiger partial charge in [0.1, 0.15) is 0 Å². The Kier molecular flexibility index (Phi) is 8.32. The minimum Gasteiger partial charge on any atom is -0.373 e. The number of allylic oxidation sites excluding steroid dienone is 1. The first-order valence-electron chi connectivity index (χ1n) is 2.81. The zero-order valence-electron chi connectivity index (χ0n) is 5.35. The van der Waals surface area contributed by atoms with Crippen LogP contribution in [-0.4, -0.2) is 17.6 Å². The predicted molar refractivity (Wildman–Crippen MR) is 49.0 cm³/mol. The van der Waals surface area contributed by atoms with E-state index in [0.717, 1.165) is 4.43 Å². The van der Waals surface area contributed by atoms with Crippen LogP contribution < -0.4 is 0 Å². The van der Waals surface area contributed by atoms with Gasteiger partial charge in [0.25, 0.3) is 0 Å². The highest BCUT2D eigenvalue weighted by atomic mass is 127. The van der Waals surface area contributed by atoms with Crippen LogP contribution in [0.3, 0.4) is 0 Å². The van der Waals surface area contributed by atoms with Gasteiger partial charge >= 0.3 is 0 Å². The SMILES string of the molecule is C=CCOC/C=C/CI. The van der Waals surface area contributed by atoms with Crippen molar-refractivity contribution in [3.63, 3.8) is 0 Å². The van der Waals surface area contributed by atoms with Gasteiger partial charge in [0.05, 0.1) is 13.2 Å². The molecule has 0 aliphatic rings. The lowest BCUT2D eigenvalue weighted by atomic mass is 10.5. The first kappa shape index (κ1) is 9.17. The third kappa shape index (κ3) is 8.17. The van der Waals surface area contributed by atoms with Gasteiger partial charge < -0.3 is 4.74 Å². The fourth-order valence-electron chi connectivity index (χ4n) is 0.350. The Morgan fingerprint density at radius 2 is 2.11 bits per heavy atom. The lowest BCUT2D eigenvalue weighted by molar-refractivity contribution is 0.194. The van der Waals surface area contributed by atoms with E-state index in [1.807, 2.05) is 6.08 Å². The van der Waals surface area contributed by atoms with E-state index < -0.39 is 0 Å². The van der Waals surface area contributed by atoms with Crippen LogP contribution in [0.5, 0.6) is 0 Å². The van der Waals surface area contributed by atoms with Gasteiger partial charge in [-0.25, -0.2) is 0 Å². The van der Waals surface area contributed by atoms with Crippen LogP contribution in [0.25, 0.3) is 0 Å². The molecule has 52 valence electrons. The highest BCUT2D eigenvalue weighted by molar-refractivity contribution is 14.1. The van der Waals surface area contributed by atoms with E-state index in [2.05, 4.69) is 35.2 Å². The Labute approximate surface area is 69.9 Å². The molecule has 0 N–H and O–H groups in total. The minimum atomic E-state index is 0.644. The summed E-state index contributed by atoms with van der Waals surface area (Å²) < 4.78 is 6.13. The fraction of sp³-hybridized carbons (Fsp3) is 0.429. The van der Waals surface area contributed by atoms with Crippen molar-refractivity contribution in [2.45, 2.75) is 0 Å². The molecule has 0 heterocycles. The van der Waals surface area contributed by atoms with E-state index in [1.54, 1.807) is 6.08 Å². The molecule has 0 saturated heterocycles. The van der Waals surface area contributed by atoms with Gasteiger partial charge in [0.2, 0.25) is 0 Å². The monoisotopic (exact) mass is 238 g/mol. The van der Waals surface area contributed by atoms with Gasteiger partial charge in [0.15, 0.2) is 0 Å². The second-order valence-corrected chi connectivity index (χ2v) is 2.33. The van der Waals surface area contributed by atoms with E-state index >= 15 is 0 Å². The summed E-state index contributed by atoms with van der Waals surface area (Å²) >= 11 is 2.29. The van der Waals surface area contributed by atoms with Gasteiger partial charge in [-0.2, -0.15) is 0 Å². The summed E-state index contributed by atoms with van der Waals surface area (Å²) in [5.74, 6) is 0. The van der Waals surface area contributed by atoms with Crippen molar-refractivity contribution in [2.75, 3.05) is 17.6 Å². The zero-order valence-corrected chi connectivity index (χ0v) is 7.50. The van der Waals surface area contributed by atoms with Crippen molar-refractivity contribution in [3.05, 3.63) is 24.8 Å². The highest BCUT2D eigenvalue weighted by Crippen LogP contribution is 1.83. The van der Waals surface area contributed by atoms with E-state index in [9.17, 15) is 0 Å². The average molecular weight is 238 g/mol. The molecule has 0 aliphatic heterocycles. The lowest BCUT2D eigenvalue weighted by Crippen LogP contribution is -1.88. The fourth-order valence-corrected chi connectivity index (χ4v) is 0.710. The summed E-state index contributed by atoms with van der Waals surface area (Å²) in [5.41, 5.74) is 0. The minimum absolute atomic E-state index is 0.644. The Bertz CT molecular complexity index is 88.9. The molecule has 0 unspecified atom stereocenters. The molecule has 0 bridgehead atoms. The number of hydrogen-bond acceptors (Lipinski definition) is 1. The third-order valence-corrected chi connectivity index (χ3v) is 1.21. The van der Waals surface area contributed by atoms with Gasteiger partial charge in [-0.1, -0.05) is 40.8 Å². The predicted octanol–water partition coefficient (Wildman–Crippen LogP) is 2.18. The topological polar surface area (TPSA) is 9.23 Å². The normalized spacial score (nSPS) is 10.3. The van der Waals surface area contributed by atoms with Gasteiger partial charge in [-0.3, -0.25) is 0 Å². The Balaban J connectivity index is 2.90. The molecule has 2 heteroatoms. The lowest BCUT2D eigenvalue weighted by Gasteiger charge is -1.91. The molecule has 1 nitrogen and oxygen atoms in total. The summed E-state index contributed by atoms with van der Waals surface area (Å²) in [6, 6.07) is 0. The molecular weight excluding hydrogens is 227 g/mol.